The van der Waals surface area contributed by atoms with Gasteiger partial charge < -0.3 is 0 Å². The van der Waals surface area contributed by atoms with Crippen LogP contribution in [0, 0.1) is 0 Å². The van der Waals surface area contributed by atoms with Crippen molar-refractivity contribution >= 4 is 11.8 Å². The Kier molecular flexibility index (Phi) is 1.82. The third-order valence-electron chi connectivity index (χ3n) is 1.79. The maximum Gasteiger partial charge on any atom is 0.256 e. The Labute approximate surface area is 72.0 Å². The fourth-order valence-electron chi connectivity index (χ4n) is 1.29. The molecule has 0 spiro atoms. The Morgan fingerprint density at radius 1 is 1.33 bits per heavy atom. The number of carbonyl (C=O) groups is 2. The van der Waals surface area contributed by atoms with Crippen LogP contribution in [0.25, 0.3) is 0 Å². The smallest absolute Gasteiger partial charge is 0.256 e. The van der Waals surface area contributed by atoms with Crippen LogP contribution in [0.4, 0.5) is 0 Å². The standard InChI is InChI=1S/C9H13NO2/c1-6-5-7(11)10(8(6)12)9(2,3)4/h1,5H2,2-4H3. The van der Waals surface area contributed by atoms with E-state index in [2.05, 4.69) is 6.58 Å². The quantitative estimate of drug-likeness (QED) is 0.400. The van der Waals surface area contributed by atoms with Gasteiger partial charge in [0.2, 0.25) is 5.91 Å². The maximum absolute atomic E-state index is 11.4. The van der Waals surface area contributed by atoms with E-state index < -0.39 is 5.54 Å². The Balaban J connectivity index is 3.00. The molecule has 0 unspecified atom stereocenters. The average Bonchev–Trinajstić information content (AvgIpc) is 2.05. The fourth-order valence-corrected chi connectivity index (χ4v) is 1.29. The van der Waals surface area contributed by atoms with Crippen molar-refractivity contribution in [3.8, 4) is 0 Å². The van der Waals surface area contributed by atoms with Crippen LogP contribution in [0.15, 0.2) is 12.2 Å². The molecule has 0 aromatic rings. The first kappa shape index (κ1) is 8.97. The van der Waals surface area contributed by atoms with Crippen LogP contribution >= 0.6 is 0 Å². The zero-order valence-electron chi connectivity index (χ0n) is 7.68. The summed E-state index contributed by atoms with van der Waals surface area (Å²) < 4.78 is 0. The highest BCUT2D eigenvalue weighted by Crippen LogP contribution is 2.25. The highest BCUT2D eigenvalue weighted by molar-refractivity contribution is 6.13. The molecule has 0 aromatic heterocycles. The van der Waals surface area contributed by atoms with Crippen LogP contribution in [0.2, 0.25) is 0 Å². The second kappa shape index (κ2) is 2.44. The summed E-state index contributed by atoms with van der Waals surface area (Å²) in [6, 6.07) is 0. The Hall–Kier alpha value is -1.12. The van der Waals surface area contributed by atoms with Crippen molar-refractivity contribution in [3.63, 3.8) is 0 Å². The van der Waals surface area contributed by atoms with Crippen LogP contribution in [0.3, 0.4) is 0 Å². The predicted molar refractivity (Wildman–Crippen MR) is 45.4 cm³/mol. The van der Waals surface area contributed by atoms with E-state index in [0.29, 0.717) is 5.57 Å². The van der Waals surface area contributed by atoms with Crippen molar-refractivity contribution in [2.24, 2.45) is 0 Å². The fraction of sp³-hybridized carbons (Fsp3) is 0.556. The van der Waals surface area contributed by atoms with E-state index in [-0.39, 0.29) is 18.2 Å². The highest BCUT2D eigenvalue weighted by Gasteiger charge is 2.39. The van der Waals surface area contributed by atoms with Gasteiger partial charge in [0, 0.05) is 11.1 Å². The summed E-state index contributed by atoms with van der Waals surface area (Å²) in [4.78, 5) is 23.9. The van der Waals surface area contributed by atoms with Crippen LogP contribution in [0.1, 0.15) is 27.2 Å². The first-order chi connectivity index (χ1) is 5.34. The first-order valence-electron chi connectivity index (χ1n) is 3.89. The Morgan fingerprint density at radius 3 is 2.00 bits per heavy atom. The molecule has 3 nitrogen and oxygen atoms in total. The molecule has 12 heavy (non-hydrogen) atoms. The lowest BCUT2D eigenvalue weighted by Gasteiger charge is -2.29. The van der Waals surface area contributed by atoms with Gasteiger partial charge >= 0.3 is 0 Å². The van der Waals surface area contributed by atoms with Gasteiger partial charge in [-0.2, -0.15) is 0 Å². The van der Waals surface area contributed by atoms with E-state index >= 15 is 0 Å². The van der Waals surface area contributed by atoms with E-state index in [9.17, 15) is 9.59 Å². The van der Waals surface area contributed by atoms with Gasteiger partial charge in [0.05, 0.1) is 6.42 Å². The van der Waals surface area contributed by atoms with Crippen molar-refractivity contribution in [3.05, 3.63) is 12.2 Å². The molecule has 3 heteroatoms. The number of nitrogens with zero attached hydrogens (tertiary/aromatic N) is 1. The van der Waals surface area contributed by atoms with E-state index in [1.807, 2.05) is 20.8 Å². The average molecular weight is 167 g/mol. The third kappa shape index (κ3) is 1.26. The van der Waals surface area contributed by atoms with Crippen molar-refractivity contribution in [1.82, 2.24) is 4.90 Å². The minimum atomic E-state index is -0.423. The molecule has 1 aliphatic rings. The van der Waals surface area contributed by atoms with Crippen molar-refractivity contribution in [2.75, 3.05) is 0 Å². The molecule has 66 valence electrons. The molecule has 1 rings (SSSR count). The summed E-state index contributed by atoms with van der Waals surface area (Å²) in [7, 11) is 0. The third-order valence-corrected chi connectivity index (χ3v) is 1.79. The summed E-state index contributed by atoms with van der Waals surface area (Å²) in [5.74, 6) is -0.370. The van der Waals surface area contributed by atoms with E-state index in [0.717, 1.165) is 0 Å². The van der Waals surface area contributed by atoms with Gasteiger partial charge in [-0.05, 0) is 20.8 Å². The van der Waals surface area contributed by atoms with Gasteiger partial charge in [-0.25, -0.2) is 0 Å². The van der Waals surface area contributed by atoms with Crippen LogP contribution in [0.5, 0.6) is 0 Å². The first-order valence-corrected chi connectivity index (χ1v) is 3.89. The number of hydrogen-bond donors (Lipinski definition) is 0. The largest absolute Gasteiger partial charge is 0.274 e. The second-order valence-corrected chi connectivity index (χ2v) is 3.99. The molecule has 0 bridgehead atoms. The summed E-state index contributed by atoms with van der Waals surface area (Å²) in [5.41, 5.74) is -0.0249. The zero-order chi connectivity index (χ0) is 9.52. The molecular formula is C9H13NO2. The van der Waals surface area contributed by atoms with Crippen molar-refractivity contribution < 1.29 is 9.59 Å². The molecule has 0 atom stereocenters. The maximum atomic E-state index is 11.4. The van der Waals surface area contributed by atoms with Crippen molar-refractivity contribution in [2.45, 2.75) is 32.7 Å². The number of rotatable bonds is 0. The Morgan fingerprint density at radius 2 is 1.83 bits per heavy atom. The monoisotopic (exact) mass is 167 g/mol. The topological polar surface area (TPSA) is 37.4 Å². The molecule has 0 aromatic carbocycles. The van der Waals surface area contributed by atoms with Gasteiger partial charge in [-0.1, -0.05) is 6.58 Å². The molecule has 0 radical (unpaired) electrons. The predicted octanol–water partition coefficient (Wildman–Crippen LogP) is 1.10. The summed E-state index contributed by atoms with van der Waals surface area (Å²) >= 11 is 0. The molecular weight excluding hydrogens is 154 g/mol. The Bertz CT molecular complexity index is 260. The summed E-state index contributed by atoms with van der Waals surface area (Å²) in [6.45, 7) is 9.04. The minimum Gasteiger partial charge on any atom is -0.274 e. The normalized spacial score (nSPS) is 19.2. The minimum absolute atomic E-state index is 0.141. The van der Waals surface area contributed by atoms with Crippen LogP contribution in [-0.2, 0) is 9.59 Å². The van der Waals surface area contributed by atoms with Gasteiger partial charge in [-0.15, -0.1) is 0 Å². The lowest BCUT2D eigenvalue weighted by molar-refractivity contribution is -0.142. The van der Waals surface area contributed by atoms with E-state index in [1.54, 1.807) is 0 Å². The van der Waals surface area contributed by atoms with Gasteiger partial charge in [-0.3, -0.25) is 14.5 Å². The van der Waals surface area contributed by atoms with Gasteiger partial charge in [0.25, 0.3) is 5.91 Å². The molecule has 2 amide bonds. The van der Waals surface area contributed by atoms with Crippen LogP contribution < -0.4 is 0 Å². The number of amides is 2. The molecule has 0 N–H and O–H groups in total. The summed E-state index contributed by atoms with van der Waals surface area (Å²) in [5, 5.41) is 0. The highest BCUT2D eigenvalue weighted by atomic mass is 16.2. The van der Waals surface area contributed by atoms with Crippen LogP contribution in [-0.4, -0.2) is 22.3 Å². The molecule has 0 aliphatic carbocycles. The second-order valence-electron chi connectivity index (χ2n) is 3.99. The number of likely N-dealkylation sites (tertiary alicyclic amines) is 1. The lowest BCUT2D eigenvalue weighted by atomic mass is 10.1. The summed E-state index contributed by atoms with van der Waals surface area (Å²) in [6.07, 6.45) is 0.177. The number of hydrogen-bond acceptors (Lipinski definition) is 2. The number of imide groups is 1. The number of carbonyl (C=O) groups excluding carboxylic acids is 2. The molecule has 1 saturated heterocycles. The molecule has 0 saturated carbocycles. The zero-order valence-corrected chi connectivity index (χ0v) is 7.68. The molecule has 1 heterocycles. The van der Waals surface area contributed by atoms with E-state index in [4.69, 9.17) is 0 Å². The molecule has 1 fully saturated rings. The van der Waals surface area contributed by atoms with Gasteiger partial charge in [0.15, 0.2) is 0 Å². The van der Waals surface area contributed by atoms with E-state index in [1.165, 1.54) is 4.90 Å². The lowest BCUT2D eigenvalue weighted by Crippen LogP contribution is -2.44. The SMILES string of the molecule is C=C1CC(=O)N(C(C)(C)C)C1=O. The van der Waals surface area contributed by atoms with Crippen molar-refractivity contribution in [1.29, 1.82) is 0 Å². The molecule has 1 aliphatic heterocycles. The van der Waals surface area contributed by atoms with Gasteiger partial charge in [0.1, 0.15) is 0 Å².